The van der Waals surface area contributed by atoms with E-state index >= 15 is 0 Å². The molecule has 4 N–H and O–H groups in total. The molecule has 6 heteroatoms. The molecule has 12 heavy (non-hydrogen) atoms. The molecule has 0 spiro atoms. The molecule has 0 bridgehead atoms. The first-order valence-corrected chi connectivity index (χ1v) is 5.33. The Kier molecular flexibility index (Phi) is 2.41. The SMILES string of the molecule is Nc1c(Br)cccc1S(N)(=O)=O. The highest BCUT2D eigenvalue weighted by Crippen LogP contribution is 2.25. The van der Waals surface area contributed by atoms with Crippen LogP contribution < -0.4 is 10.9 Å². The van der Waals surface area contributed by atoms with E-state index in [1.54, 1.807) is 12.1 Å². The van der Waals surface area contributed by atoms with Crippen molar-refractivity contribution < 1.29 is 8.42 Å². The first-order chi connectivity index (χ1) is 5.43. The minimum Gasteiger partial charge on any atom is -0.397 e. The fourth-order valence-electron chi connectivity index (χ4n) is 0.765. The standard InChI is InChI=1S/C6H7BrN2O2S/c7-4-2-1-3-5(6(4)8)12(9,10)11/h1-3H,8H2,(H2,9,10,11). The van der Waals surface area contributed by atoms with Gasteiger partial charge < -0.3 is 5.73 Å². The normalized spacial score (nSPS) is 11.5. The lowest BCUT2D eigenvalue weighted by atomic mass is 10.3. The Bertz CT molecular complexity index is 402. The molecule has 0 unspecified atom stereocenters. The van der Waals surface area contributed by atoms with Crippen molar-refractivity contribution in [1.82, 2.24) is 0 Å². The smallest absolute Gasteiger partial charge is 0.240 e. The van der Waals surface area contributed by atoms with E-state index in [1.807, 2.05) is 0 Å². The van der Waals surface area contributed by atoms with Gasteiger partial charge >= 0.3 is 0 Å². The zero-order valence-electron chi connectivity index (χ0n) is 5.99. The van der Waals surface area contributed by atoms with Gasteiger partial charge in [0.2, 0.25) is 10.0 Å². The third-order valence-electron chi connectivity index (χ3n) is 1.32. The fourth-order valence-corrected chi connectivity index (χ4v) is 1.95. The summed E-state index contributed by atoms with van der Waals surface area (Å²) in [5.41, 5.74) is 5.60. The third-order valence-corrected chi connectivity index (χ3v) is 2.98. The van der Waals surface area contributed by atoms with E-state index in [0.29, 0.717) is 4.47 Å². The molecule has 0 heterocycles. The number of para-hydroxylation sites is 1. The Morgan fingerprint density at radius 2 is 1.92 bits per heavy atom. The van der Waals surface area contributed by atoms with Crippen LogP contribution in [0.1, 0.15) is 0 Å². The van der Waals surface area contributed by atoms with Crippen LogP contribution in [-0.4, -0.2) is 8.42 Å². The monoisotopic (exact) mass is 250 g/mol. The maximum atomic E-state index is 10.9. The Balaban J connectivity index is 3.47. The molecule has 0 fully saturated rings. The van der Waals surface area contributed by atoms with Gasteiger partial charge in [0.05, 0.1) is 5.69 Å². The minimum absolute atomic E-state index is 0.0584. The summed E-state index contributed by atoms with van der Waals surface area (Å²) in [4.78, 5) is -0.0584. The van der Waals surface area contributed by atoms with Crippen LogP contribution >= 0.6 is 15.9 Å². The zero-order chi connectivity index (χ0) is 9.35. The number of hydrogen-bond acceptors (Lipinski definition) is 3. The summed E-state index contributed by atoms with van der Waals surface area (Å²) in [5, 5.41) is 4.90. The maximum Gasteiger partial charge on any atom is 0.240 e. The highest BCUT2D eigenvalue weighted by molar-refractivity contribution is 9.10. The van der Waals surface area contributed by atoms with Crippen LogP contribution in [0.4, 0.5) is 5.69 Å². The second-order valence-corrected chi connectivity index (χ2v) is 4.58. The summed E-state index contributed by atoms with van der Waals surface area (Å²) in [7, 11) is -3.71. The molecule has 0 aliphatic heterocycles. The lowest BCUT2D eigenvalue weighted by Crippen LogP contribution is -2.14. The topological polar surface area (TPSA) is 86.2 Å². The molecule has 0 amide bonds. The summed E-state index contributed by atoms with van der Waals surface area (Å²) in [6.45, 7) is 0. The van der Waals surface area contributed by atoms with Crippen LogP contribution in [0.5, 0.6) is 0 Å². The summed E-state index contributed by atoms with van der Waals surface area (Å²) in [6.07, 6.45) is 0. The predicted octanol–water partition coefficient (Wildman–Crippen LogP) is 0.679. The maximum absolute atomic E-state index is 10.9. The molecule has 0 aromatic heterocycles. The highest BCUT2D eigenvalue weighted by Gasteiger charge is 2.12. The van der Waals surface area contributed by atoms with Crippen LogP contribution in [0.25, 0.3) is 0 Å². The van der Waals surface area contributed by atoms with Gasteiger partial charge in [0.25, 0.3) is 0 Å². The van der Waals surface area contributed by atoms with Crippen molar-refractivity contribution in [2.45, 2.75) is 4.90 Å². The van der Waals surface area contributed by atoms with Gasteiger partial charge in [-0.25, -0.2) is 13.6 Å². The van der Waals surface area contributed by atoms with Crippen molar-refractivity contribution in [2.24, 2.45) is 5.14 Å². The third kappa shape index (κ3) is 1.77. The molecule has 0 saturated carbocycles. The quantitative estimate of drug-likeness (QED) is 0.719. The largest absolute Gasteiger partial charge is 0.397 e. The molecular weight excluding hydrogens is 244 g/mol. The van der Waals surface area contributed by atoms with Crippen molar-refractivity contribution >= 4 is 31.6 Å². The lowest BCUT2D eigenvalue weighted by molar-refractivity contribution is 0.598. The van der Waals surface area contributed by atoms with Gasteiger partial charge in [-0.3, -0.25) is 0 Å². The number of primary sulfonamides is 1. The molecule has 0 radical (unpaired) electrons. The van der Waals surface area contributed by atoms with Crippen molar-refractivity contribution in [3.8, 4) is 0 Å². The first-order valence-electron chi connectivity index (χ1n) is 2.99. The number of nitrogen functional groups attached to an aromatic ring is 1. The van der Waals surface area contributed by atoms with E-state index in [2.05, 4.69) is 15.9 Å². The number of benzene rings is 1. The van der Waals surface area contributed by atoms with Gasteiger partial charge in [0.1, 0.15) is 4.90 Å². The zero-order valence-corrected chi connectivity index (χ0v) is 8.39. The highest BCUT2D eigenvalue weighted by atomic mass is 79.9. The minimum atomic E-state index is -3.71. The van der Waals surface area contributed by atoms with E-state index in [-0.39, 0.29) is 10.6 Å². The number of rotatable bonds is 1. The average molecular weight is 251 g/mol. The van der Waals surface area contributed by atoms with Crippen LogP contribution in [0.15, 0.2) is 27.6 Å². The summed E-state index contributed by atoms with van der Waals surface area (Å²) in [5.74, 6) is 0. The molecule has 0 saturated heterocycles. The lowest BCUT2D eigenvalue weighted by Gasteiger charge is -2.03. The van der Waals surface area contributed by atoms with E-state index in [0.717, 1.165) is 0 Å². The number of anilines is 1. The second kappa shape index (κ2) is 3.04. The van der Waals surface area contributed by atoms with Crippen molar-refractivity contribution in [3.05, 3.63) is 22.7 Å². The summed E-state index contributed by atoms with van der Waals surface area (Å²) < 4.78 is 22.3. The van der Waals surface area contributed by atoms with Crippen LogP contribution in [0, 0.1) is 0 Å². The van der Waals surface area contributed by atoms with Crippen LogP contribution in [-0.2, 0) is 10.0 Å². The molecule has 66 valence electrons. The first kappa shape index (κ1) is 9.50. The summed E-state index contributed by atoms with van der Waals surface area (Å²) in [6, 6.07) is 4.56. The van der Waals surface area contributed by atoms with E-state index in [9.17, 15) is 8.42 Å². The molecule has 1 aromatic carbocycles. The Labute approximate surface area is 78.7 Å². The average Bonchev–Trinajstić information content (AvgIpc) is 1.92. The van der Waals surface area contributed by atoms with E-state index in [4.69, 9.17) is 10.9 Å². The van der Waals surface area contributed by atoms with Crippen molar-refractivity contribution in [1.29, 1.82) is 0 Å². The number of halogens is 1. The van der Waals surface area contributed by atoms with Gasteiger partial charge in [-0.05, 0) is 28.1 Å². The predicted molar refractivity (Wildman–Crippen MR) is 49.9 cm³/mol. The van der Waals surface area contributed by atoms with E-state index < -0.39 is 10.0 Å². The van der Waals surface area contributed by atoms with Crippen molar-refractivity contribution in [2.75, 3.05) is 5.73 Å². The van der Waals surface area contributed by atoms with Gasteiger partial charge in [-0.2, -0.15) is 0 Å². The van der Waals surface area contributed by atoms with Gasteiger partial charge in [0.15, 0.2) is 0 Å². The molecule has 0 atom stereocenters. The number of hydrogen-bond donors (Lipinski definition) is 2. The molecule has 1 rings (SSSR count). The number of nitrogens with two attached hydrogens (primary N) is 2. The van der Waals surface area contributed by atoms with Crippen LogP contribution in [0.3, 0.4) is 0 Å². The molecule has 0 aliphatic rings. The fraction of sp³-hybridized carbons (Fsp3) is 0. The number of sulfonamides is 1. The Morgan fingerprint density at radius 1 is 1.33 bits per heavy atom. The molecule has 4 nitrogen and oxygen atoms in total. The second-order valence-electron chi connectivity index (χ2n) is 2.20. The van der Waals surface area contributed by atoms with Crippen LogP contribution in [0.2, 0.25) is 0 Å². The molecular formula is C6H7BrN2O2S. The van der Waals surface area contributed by atoms with Gasteiger partial charge in [-0.15, -0.1) is 0 Å². The van der Waals surface area contributed by atoms with Gasteiger partial charge in [-0.1, -0.05) is 6.07 Å². The summed E-state index contributed by atoms with van der Waals surface area (Å²) >= 11 is 3.09. The van der Waals surface area contributed by atoms with E-state index in [1.165, 1.54) is 6.07 Å². The molecule has 1 aromatic rings. The van der Waals surface area contributed by atoms with Crippen molar-refractivity contribution in [3.63, 3.8) is 0 Å². The van der Waals surface area contributed by atoms with Gasteiger partial charge in [0, 0.05) is 4.47 Å². The molecule has 0 aliphatic carbocycles. The Hall–Kier alpha value is -0.590. The Morgan fingerprint density at radius 3 is 2.33 bits per heavy atom.